The van der Waals surface area contributed by atoms with Crippen molar-refractivity contribution in [3.63, 3.8) is 0 Å². The van der Waals surface area contributed by atoms with E-state index in [2.05, 4.69) is 10.2 Å². The van der Waals surface area contributed by atoms with Gasteiger partial charge in [0.25, 0.3) is 15.2 Å². The Morgan fingerprint density at radius 2 is 1.86 bits per heavy atom. The SMILES string of the molecule is COCCn1c(-c2ccc(OC)cc2)nnc1S(N)(=O)=O. The molecule has 2 N–H and O–H groups in total. The van der Waals surface area contributed by atoms with Crippen molar-refractivity contribution in [1.29, 1.82) is 0 Å². The topological polar surface area (TPSA) is 109 Å². The number of methoxy groups -OCH3 is 2. The monoisotopic (exact) mass is 312 g/mol. The first-order chi connectivity index (χ1) is 9.97. The summed E-state index contributed by atoms with van der Waals surface area (Å²) in [5.74, 6) is 1.09. The van der Waals surface area contributed by atoms with E-state index in [1.54, 1.807) is 31.4 Å². The van der Waals surface area contributed by atoms with Crippen LogP contribution in [0.15, 0.2) is 29.4 Å². The van der Waals surface area contributed by atoms with Gasteiger partial charge >= 0.3 is 0 Å². The van der Waals surface area contributed by atoms with E-state index in [0.717, 1.165) is 0 Å². The van der Waals surface area contributed by atoms with E-state index < -0.39 is 10.0 Å². The molecule has 0 aliphatic rings. The number of sulfonamides is 1. The predicted molar refractivity (Wildman–Crippen MR) is 75.3 cm³/mol. The second kappa shape index (κ2) is 6.20. The van der Waals surface area contributed by atoms with Gasteiger partial charge < -0.3 is 9.47 Å². The summed E-state index contributed by atoms with van der Waals surface area (Å²) in [5, 5.41) is 12.5. The van der Waals surface area contributed by atoms with Gasteiger partial charge in [-0.15, -0.1) is 10.2 Å². The number of benzene rings is 1. The summed E-state index contributed by atoms with van der Waals surface area (Å²) in [5.41, 5.74) is 0.703. The molecule has 0 fully saturated rings. The Morgan fingerprint density at radius 3 is 2.38 bits per heavy atom. The average Bonchev–Trinajstić information content (AvgIpc) is 2.89. The summed E-state index contributed by atoms with van der Waals surface area (Å²) in [6.07, 6.45) is 0. The zero-order chi connectivity index (χ0) is 15.5. The summed E-state index contributed by atoms with van der Waals surface area (Å²) in [6.45, 7) is 0.584. The van der Waals surface area contributed by atoms with Crippen LogP contribution >= 0.6 is 0 Å². The van der Waals surface area contributed by atoms with Crippen molar-refractivity contribution in [3.8, 4) is 17.1 Å². The highest BCUT2D eigenvalue weighted by Gasteiger charge is 2.21. The van der Waals surface area contributed by atoms with Crippen molar-refractivity contribution >= 4 is 10.0 Å². The molecule has 0 unspecified atom stereocenters. The molecule has 0 amide bonds. The smallest absolute Gasteiger partial charge is 0.273 e. The lowest BCUT2D eigenvalue weighted by atomic mass is 10.2. The maximum atomic E-state index is 11.6. The maximum absolute atomic E-state index is 11.6. The number of primary sulfonamides is 1. The molecule has 8 nitrogen and oxygen atoms in total. The predicted octanol–water partition coefficient (Wildman–Crippen LogP) is 0.248. The highest BCUT2D eigenvalue weighted by Crippen LogP contribution is 2.22. The van der Waals surface area contributed by atoms with Crippen LogP contribution in [-0.4, -0.2) is 44.0 Å². The van der Waals surface area contributed by atoms with Crippen molar-refractivity contribution in [2.75, 3.05) is 20.8 Å². The molecule has 0 spiro atoms. The molecule has 1 heterocycles. The van der Waals surface area contributed by atoms with Crippen LogP contribution < -0.4 is 9.88 Å². The minimum absolute atomic E-state index is 0.274. The lowest BCUT2D eigenvalue weighted by Crippen LogP contribution is -2.20. The molecule has 0 saturated carbocycles. The van der Waals surface area contributed by atoms with E-state index >= 15 is 0 Å². The Morgan fingerprint density at radius 1 is 1.19 bits per heavy atom. The van der Waals surface area contributed by atoms with Crippen molar-refractivity contribution in [3.05, 3.63) is 24.3 Å². The van der Waals surface area contributed by atoms with E-state index in [-0.39, 0.29) is 11.7 Å². The number of aromatic nitrogens is 3. The lowest BCUT2D eigenvalue weighted by molar-refractivity contribution is 0.185. The van der Waals surface area contributed by atoms with Gasteiger partial charge in [0.1, 0.15) is 5.75 Å². The summed E-state index contributed by atoms with van der Waals surface area (Å²) in [6, 6.07) is 7.03. The number of hydrogen-bond acceptors (Lipinski definition) is 6. The van der Waals surface area contributed by atoms with Crippen LogP contribution in [0, 0.1) is 0 Å². The summed E-state index contributed by atoms with van der Waals surface area (Å²) < 4.78 is 34.6. The van der Waals surface area contributed by atoms with Crippen LogP contribution in [0.2, 0.25) is 0 Å². The van der Waals surface area contributed by atoms with E-state index in [1.807, 2.05) is 0 Å². The van der Waals surface area contributed by atoms with Gasteiger partial charge in [0.15, 0.2) is 5.82 Å². The second-order valence-corrected chi connectivity index (χ2v) is 5.68. The van der Waals surface area contributed by atoms with Gasteiger partial charge in [-0.25, -0.2) is 13.6 Å². The van der Waals surface area contributed by atoms with Crippen molar-refractivity contribution < 1.29 is 17.9 Å². The molecule has 114 valence electrons. The standard InChI is InChI=1S/C12H16N4O4S/c1-19-8-7-16-11(14-15-12(16)21(13,17)18)9-3-5-10(20-2)6-4-9/h3-6H,7-8H2,1-2H3,(H2,13,17,18). The molecule has 21 heavy (non-hydrogen) atoms. The summed E-state index contributed by atoms with van der Waals surface area (Å²) in [4.78, 5) is 0. The molecular weight excluding hydrogens is 296 g/mol. The van der Waals surface area contributed by atoms with Gasteiger partial charge in [-0.1, -0.05) is 0 Å². The molecule has 1 aromatic heterocycles. The molecule has 0 radical (unpaired) electrons. The average molecular weight is 312 g/mol. The number of ether oxygens (including phenoxy) is 2. The fourth-order valence-electron chi connectivity index (χ4n) is 1.84. The highest BCUT2D eigenvalue weighted by atomic mass is 32.2. The number of nitrogens with two attached hydrogens (primary N) is 1. The molecule has 2 aromatic rings. The van der Waals surface area contributed by atoms with Crippen LogP contribution in [0.25, 0.3) is 11.4 Å². The molecule has 0 saturated heterocycles. The molecule has 2 rings (SSSR count). The Labute approximate surface area is 122 Å². The summed E-state index contributed by atoms with van der Waals surface area (Å²) >= 11 is 0. The maximum Gasteiger partial charge on any atom is 0.273 e. The Hall–Kier alpha value is -1.97. The zero-order valence-corrected chi connectivity index (χ0v) is 12.5. The van der Waals surface area contributed by atoms with E-state index in [9.17, 15) is 8.42 Å². The lowest BCUT2D eigenvalue weighted by Gasteiger charge is -2.09. The van der Waals surface area contributed by atoms with E-state index in [4.69, 9.17) is 14.6 Å². The van der Waals surface area contributed by atoms with Gasteiger partial charge in [0.05, 0.1) is 20.3 Å². The fraction of sp³-hybridized carbons (Fsp3) is 0.333. The molecule has 0 aliphatic heterocycles. The normalized spacial score (nSPS) is 11.6. The van der Waals surface area contributed by atoms with Gasteiger partial charge in [-0.3, -0.25) is 4.57 Å². The third-order valence-electron chi connectivity index (χ3n) is 2.84. The van der Waals surface area contributed by atoms with E-state index in [1.165, 1.54) is 11.7 Å². The first-order valence-corrected chi connectivity index (χ1v) is 7.61. The Balaban J connectivity index is 2.49. The largest absolute Gasteiger partial charge is 0.497 e. The molecule has 9 heteroatoms. The first-order valence-electron chi connectivity index (χ1n) is 6.06. The Bertz CT molecular complexity index is 709. The molecule has 1 aromatic carbocycles. The third-order valence-corrected chi connectivity index (χ3v) is 3.65. The van der Waals surface area contributed by atoms with E-state index in [0.29, 0.717) is 23.7 Å². The third kappa shape index (κ3) is 3.38. The molecule has 0 atom stereocenters. The molecule has 0 aliphatic carbocycles. The van der Waals surface area contributed by atoms with Gasteiger partial charge in [-0.05, 0) is 24.3 Å². The number of hydrogen-bond donors (Lipinski definition) is 1. The van der Waals surface area contributed by atoms with Gasteiger partial charge in [0.2, 0.25) is 0 Å². The minimum atomic E-state index is -3.95. The van der Waals surface area contributed by atoms with Crippen molar-refractivity contribution in [1.82, 2.24) is 14.8 Å². The Kier molecular flexibility index (Phi) is 4.56. The zero-order valence-electron chi connectivity index (χ0n) is 11.7. The van der Waals surface area contributed by atoms with Crippen LogP contribution in [0.5, 0.6) is 5.75 Å². The van der Waals surface area contributed by atoms with Crippen LogP contribution in [0.3, 0.4) is 0 Å². The van der Waals surface area contributed by atoms with Crippen molar-refractivity contribution in [2.45, 2.75) is 11.7 Å². The number of rotatable bonds is 6. The van der Waals surface area contributed by atoms with Gasteiger partial charge in [0, 0.05) is 12.7 Å². The molecular formula is C12H16N4O4S. The summed E-state index contributed by atoms with van der Waals surface area (Å²) in [7, 11) is -0.868. The molecule has 0 bridgehead atoms. The highest BCUT2D eigenvalue weighted by molar-refractivity contribution is 7.89. The fourth-order valence-corrected chi connectivity index (χ4v) is 2.48. The van der Waals surface area contributed by atoms with Crippen LogP contribution in [0.1, 0.15) is 0 Å². The second-order valence-electron chi connectivity index (χ2n) is 4.22. The van der Waals surface area contributed by atoms with Crippen LogP contribution in [0.4, 0.5) is 0 Å². The minimum Gasteiger partial charge on any atom is -0.497 e. The number of nitrogens with zero attached hydrogens (tertiary/aromatic N) is 3. The van der Waals surface area contributed by atoms with Crippen LogP contribution in [-0.2, 0) is 21.3 Å². The van der Waals surface area contributed by atoms with Crippen molar-refractivity contribution in [2.24, 2.45) is 5.14 Å². The quantitative estimate of drug-likeness (QED) is 0.818. The first kappa shape index (κ1) is 15.4. The van der Waals surface area contributed by atoms with Gasteiger partial charge in [-0.2, -0.15) is 0 Å².